The molecule has 1 aromatic rings. The molecule has 1 heterocycles. The average molecular weight is 243 g/mol. The third-order valence-corrected chi connectivity index (χ3v) is 3.06. The Kier molecular flexibility index (Phi) is 4.44. The Morgan fingerprint density at radius 1 is 1.69 bits per heavy atom. The van der Waals surface area contributed by atoms with Crippen LogP contribution < -0.4 is 5.32 Å². The van der Waals surface area contributed by atoms with Crippen LogP contribution in [0.1, 0.15) is 23.0 Å². The molecule has 1 aromatic heterocycles. The van der Waals surface area contributed by atoms with Gasteiger partial charge in [-0.15, -0.1) is 0 Å². The highest BCUT2D eigenvalue weighted by Gasteiger charge is 2.22. The normalized spacial score (nSPS) is 14.5. The van der Waals surface area contributed by atoms with Crippen LogP contribution in [0.4, 0.5) is 0 Å². The summed E-state index contributed by atoms with van der Waals surface area (Å²) in [6, 6.07) is 1.73. The predicted octanol–water partition coefficient (Wildman–Crippen LogP) is 1.43. The van der Waals surface area contributed by atoms with E-state index in [-0.39, 0.29) is 12.5 Å². The van der Waals surface area contributed by atoms with Crippen molar-refractivity contribution in [3.8, 4) is 0 Å². The number of carbonyl (C=O) groups is 1. The minimum Gasteiger partial charge on any atom is -0.459 e. The number of aryl methyl sites for hydroxylation is 1. The molecule has 4 nitrogen and oxygen atoms in total. The average Bonchev–Trinajstić information content (AvgIpc) is 2.61. The van der Waals surface area contributed by atoms with Crippen molar-refractivity contribution >= 4 is 17.7 Å². The van der Waals surface area contributed by atoms with Crippen molar-refractivity contribution in [3.63, 3.8) is 0 Å². The van der Waals surface area contributed by atoms with E-state index in [9.17, 15) is 9.90 Å². The quantitative estimate of drug-likeness (QED) is 0.821. The molecule has 0 aliphatic rings. The lowest BCUT2D eigenvalue weighted by atomic mass is 10.1. The second-order valence-corrected chi connectivity index (χ2v) is 4.91. The highest BCUT2D eigenvalue weighted by Crippen LogP contribution is 2.11. The Morgan fingerprint density at radius 2 is 2.38 bits per heavy atom. The van der Waals surface area contributed by atoms with E-state index in [0.29, 0.717) is 11.5 Å². The summed E-state index contributed by atoms with van der Waals surface area (Å²) < 4.78 is 5.05. The van der Waals surface area contributed by atoms with E-state index >= 15 is 0 Å². The van der Waals surface area contributed by atoms with Gasteiger partial charge < -0.3 is 14.8 Å². The van der Waals surface area contributed by atoms with E-state index in [4.69, 9.17) is 4.42 Å². The zero-order valence-corrected chi connectivity index (χ0v) is 10.6. The molecule has 1 atom stereocenters. The van der Waals surface area contributed by atoms with E-state index in [0.717, 1.165) is 5.56 Å². The molecule has 0 saturated heterocycles. The maximum atomic E-state index is 11.7. The lowest BCUT2D eigenvalue weighted by Gasteiger charge is -2.22. The van der Waals surface area contributed by atoms with Gasteiger partial charge in [0.15, 0.2) is 5.76 Å². The number of rotatable bonds is 5. The summed E-state index contributed by atoms with van der Waals surface area (Å²) in [7, 11) is 0. The molecule has 0 aliphatic carbocycles. The second-order valence-electron chi connectivity index (χ2n) is 4.05. The number of carbonyl (C=O) groups excluding carboxylic acids is 1. The van der Waals surface area contributed by atoms with Crippen molar-refractivity contribution in [3.05, 3.63) is 23.7 Å². The zero-order valence-electron chi connectivity index (χ0n) is 9.74. The summed E-state index contributed by atoms with van der Waals surface area (Å²) in [5, 5.41) is 12.5. The summed E-state index contributed by atoms with van der Waals surface area (Å²) in [6.07, 6.45) is 3.39. The van der Waals surface area contributed by atoms with Crippen LogP contribution in [0, 0.1) is 6.92 Å². The number of hydrogen-bond donors (Lipinski definition) is 2. The smallest absolute Gasteiger partial charge is 0.287 e. The van der Waals surface area contributed by atoms with E-state index in [1.165, 1.54) is 18.0 Å². The van der Waals surface area contributed by atoms with Crippen LogP contribution in [-0.2, 0) is 0 Å². The van der Waals surface area contributed by atoms with Crippen LogP contribution in [0.25, 0.3) is 0 Å². The lowest BCUT2D eigenvalue weighted by Crippen LogP contribution is -2.42. The first-order valence-electron chi connectivity index (χ1n) is 5.00. The summed E-state index contributed by atoms with van der Waals surface area (Å²) in [5.74, 6) is 0.591. The molecule has 0 saturated carbocycles. The van der Waals surface area contributed by atoms with Crippen LogP contribution in [-0.4, -0.2) is 35.2 Å². The van der Waals surface area contributed by atoms with Crippen LogP contribution in [0.5, 0.6) is 0 Å². The van der Waals surface area contributed by atoms with E-state index in [1.54, 1.807) is 19.9 Å². The molecule has 5 heteroatoms. The van der Waals surface area contributed by atoms with Crippen molar-refractivity contribution in [1.29, 1.82) is 0 Å². The number of hydrogen-bond acceptors (Lipinski definition) is 4. The first-order chi connectivity index (χ1) is 7.46. The molecule has 2 N–H and O–H groups in total. The first kappa shape index (κ1) is 13.1. The van der Waals surface area contributed by atoms with E-state index in [1.807, 2.05) is 6.26 Å². The van der Waals surface area contributed by atoms with Gasteiger partial charge in [0, 0.05) is 17.9 Å². The molecule has 0 fully saturated rings. The molecule has 16 heavy (non-hydrogen) atoms. The monoisotopic (exact) mass is 243 g/mol. The van der Waals surface area contributed by atoms with Gasteiger partial charge in [0.2, 0.25) is 0 Å². The molecule has 0 aromatic carbocycles. The third kappa shape index (κ3) is 3.57. The van der Waals surface area contributed by atoms with Crippen LogP contribution in [0.3, 0.4) is 0 Å². The van der Waals surface area contributed by atoms with Crippen LogP contribution >= 0.6 is 11.8 Å². The first-order valence-corrected chi connectivity index (χ1v) is 6.39. The van der Waals surface area contributed by atoms with Gasteiger partial charge in [-0.05, 0) is 26.2 Å². The molecule has 1 unspecified atom stereocenters. The van der Waals surface area contributed by atoms with Crippen LogP contribution in [0.15, 0.2) is 16.7 Å². The number of amides is 1. The fourth-order valence-electron chi connectivity index (χ4n) is 1.32. The summed E-state index contributed by atoms with van der Waals surface area (Å²) in [4.78, 5) is 11.7. The van der Waals surface area contributed by atoms with Crippen molar-refractivity contribution in [2.24, 2.45) is 0 Å². The standard InChI is InChI=1S/C11H17NO3S/c1-8-4-5-15-9(8)10(13)12-6-11(2,14)7-16-3/h4-5,14H,6-7H2,1-3H3,(H,12,13). The number of nitrogens with one attached hydrogen (secondary N) is 1. The van der Waals surface area contributed by atoms with Gasteiger partial charge in [-0.25, -0.2) is 0 Å². The van der Waals surface area contributed by atoms with E-state index < -0.39 is 5.60 Å². The maximum Gasteiger partial charge on any atom is 0.287 e. The minimum atomic E-state index is -0.893. The van der Waals surface area contributed by atoms with E-state index in [2.05, 4.69) is 5.32 Å². The van der Waals surface area contributed by atoms with Crippen molar-refractivity contribution < 1.29 is 14.3 Å². The maximum absolute atomic E-state index is 11.7. The highest BCUT2D eigenvalue weighted by molar-refractivity contribution is 7.98. The predicted molar refractivity (Wildman–Crippen MR) is 64.8 cm³/mol. The molecular weight excluding hydrogens is 226 g/mol. The third-order valence-electron chi connectivity index (χ3n) is 2.15. The van der Waals surface area contributed by atoms with Gasteiger partial charge in [0.1, 0.15) is 0 Å². The number of aliphatic hydroxyl groups is 1. The largest absolute Gasteiger partial charge is 0.459 e. The molecule has 0 radical (unpaired) electrons. The fourth-order valence-corrected chi connectivity index (χ4v) is 2.04. The Hall–Kier alpha value is -0.940. The SMILES string of the molecule is CSCC(C)(O)CNC(=O)c1occc1C. The highest BCUT2D eigenvalue weighted by atomic mass is 32.2. The summed E-state index contributed by atoms with van der Waals surface area (Å²) in [6.45, 7) is 3.71. The van der Waals surface area contributed by atoms with Gasteiger partial charge in [-0.3, -0.25) is 4.79 Å². The van der Waals surface area contributed by atoms with Gasteiger partial charge >= 0.3 is 0 Å². The Morgan fingerprint density at radius 3 is 2.88 bits per heavy atom. The summed E-state index contributed by atoms with van der Waals surface area (Å²) in [5.41, 5.74) is -0.0998. The van der Waals surface area contributed by atoms with Gasteiger partial charge in [-0.1, -0.05) is 0 Å². The van der Waals surface area contributed by atoms with Gasteiger partial charge in [0.25, 0.3) is 5.91 Å². The lowest BCUT2D eigenvalue weighted by molar-refractivity contribution is 0.0709. The van der Waals surface area contributed by atoms with Crippen molar-refractivity contribution in [2.75, 3.05) is 18.6 Å². The molecule has 90 valence electrons. The molecule has 1 rings (SSSR count). The van der Waals surface area contributed by atoms with Crippen molar-refractivity contribution in [1.82, 2.24) is 5.32 Å². The topological polar surface area (TPSA) is 62.5 Å². The van der Waals surface area contributed by atoms with Gasteiger partial charge in [-0.2, -0.15) is 11.8 Å². The van der Waals surface area contributed by atoms with Gasteiger partial charge in [0.05, 0.1) is 11.9 Å². The number of thioether (sulfide) groups is 1. The minimum absolute atomic E-state index is 0.215. The Balaban J connectivity index is 2.51. The summed E-state index contributed by atoms with van der Waals surface area (Å²) >= 11 is 1.54. The van der Waals surface area contributed by atoms with Crippen molar-refractivity contribution in [2.45, 2.75) is 19.4 Å². The molecule has 0 spiro atoms. The fraction of sp³-hybridized carbons (Fsp3) is 0.545. The van der Waals surface area contributed by atoms with Crippen LogP contribution in [0.2, 0.25) is 0 Å². The Labute approximate surface area is 99.4 Å². The zero-order chi connectivity index (χ0) is 12.2. The molecule has 0 bridgehead atoms. The second kappa shape index (κ2) is 5.41. The molecule has 0 aliphatic heterocycles. The molecular formula is C11H17NO3S. The molecule has 1 amide bonds. The number of furan rings is 1. The Bertz CT molecular complexity index is 360.